The Bertz CT molecular complexity index is 1210. The van der Waals surface area contributed by atoms with Gasteiger partial charge in [0.05, 0.1) is 18.8 Å². The van der Waals surface area contributed by atoms with Gasteiger partial charge in [-0.15, -0.1) is 0 Å². The van der Waals surface area contributed by atoms with Crippen molar-refractivity contribution in [2.45, 2.75) is 160 Å². The molecule has 10 heteroatoms. The summed E-state index contributed by atoms with van der Waals surface area (Å²) in [5.74, 6) is 2.87. The quantitative estimate of drug-likeness (QED) is 0.187. The van der Waals surface area contributed by atoms with E-state index in [9.17, 15) is 19.8 Å². The monoisotopic (exact) mass is 745 g/mol. The topological polar surface area (TPSA) is 124 Å². The Kier molecular flexibility index (Phi) is 13.9. The van der Waals surface area contributed by atoms with Crippen molar-refractivity contribution < 1.29 is 29.4 Å². The van der Waals surface area contributed by atoms with E-state index in [-0.39, 0.29) is 48.4 Å². The number of hydrogen-bond acceptors (Lipinski definition) is 8. The first-order valence-electron chi connectivity index (χ1n) is 21.8. The van der Waals surface area contributed by atoms with Crippen molar-refractivity contribution in [2.75, 3.05) is 40.9 Å². The number of ether oxygens (including phenoxy) is 1. The first kappa shape index (κ1) is 41.3. The highest BCUT2D eigenvalue weighted by molar-refractivity contribution is 5.83. The second kappa shape index (κ2) is 17.9. The molecule has 0 aromatic carbocycles. The summed E-state index contributed by atoms with van der Waals surface area (Å²) in [6.07, 6.45) is 15.6. The van der Waals surface area contributed by atoms with Gasteiger partial charge in [-0.25, -0.2) is 0 Å². The van der Waals surface area contributed by atoms with Gasteiger partial charge in [-0.3, -0.25) is 14.4 Å². The van der Waals surface area contributed by atoms with Crippen LogP contribution in [0.15, 0.2) is 0 Å². The lowest BCUT2D eigenvalue weighted by atomic mass is 9.45. The molecule has 1 heterocycles. The average Bonchev–Trinajstić information content (AvgIpc) is 3.51. The molecule has 6 aliphatic carbocycles. The molecule has 1 aliphatic heterocycles. The van der Waals surface area contributed by atoms with E-state index >= 15 is 0 Å². The average molecular weight is 745 g/mol. The number of carbonyl (C=O) groups excluding carboxylic acids is 2. The van der Waals surface area contributed by atoms with Gasteiger partial charge >= 0.3 is 0 Å². The van der Waals surface area contributed by atoms with Crippen LogP contribution in [0.3, 0.4) is 0 Å². The van der Waals surface area contributed by atoms with Gasteiger partial charge in [0.2, 0.25) is 11.8 Å². The second-order valence-corrected chi connectivity index (χ2v) is 19.6. The van der Waals surface area contributed by atoms with Crippen molar-refractivity contribution in [1.29, 1.82) is 0 Å². The van der Waals surface area contributed by atoms with Gasteiger partial charge in [0, 0.05) is 50.0 Å². The zero-order chi connectivity index (χ0) is 38.0. The maximum absolute atomic E-state index is 14.3. The molecule has 2 amide bonds. The van der Waals surface area contributed by atoms with Crippen LogP contribution in [0.1, 0.15) is 124 Å². The highest BCUT2D eigenvalue weighted by Gasteiger charge is 2.58. The Morgan fingerprint density at radius 1 is 0.981 bits per heavy atom. The highest BCUT2D eigenvalue weighted by Crippen LogP contribution is 2.61. The van der Waals surface area contributed by atoms with Crippen LogP contribution in [-0.2, 0) is 19.2 Å². The van der Waals surface area contributed by atoms with Crippen molar-refractivity contribution >= 4 is 11.8 Å². The molecule has 0 aromatic rings. The fourth-order valence-electron chi connectivity index (χ4n) is 12.7. The minimum atomic E-state index is -0.813. The van der Waals surface area contributed by atoms with E-state index in [2.05, 4.69) is 50.4 Å². The molecule has 7 aliphatic rings. The van der Waals surface area contributed by atoms with Crippen LogP contribution in [0.4, 0.5) is 0 Å². The molecule has 7 rings (SSSR count). The van der Waals surface area contributed by atoms with Crippen LogP contribution in [-0.4, -0.2) is 109 Å². The van der Waals surface area contributed by atoms with Gasteiger partial charge < -0.3 is 30.5 Å². The number of likely N-dealkylation sites (N-methyl/N-ethyl adjacent to an activating group) is 1. The fourth-order valence-corrected chi connectivity index (χ4v) is 12.7. The van der Waals surface area contributed by atoms with Crippen LogP contribution < -0.4 is 10.6 Å². The van der Waals surface area contributed by atoms with Crippen LogP contribution in [0, 0.1) is 58.7 Å². The number of carbonyl (C=O) groups is 2. The molecule has 0 aromatic heterocycles. The fraction of sp³-hybridized carbons (Fsp3) is 0.953. The number of hydrogen-bond donors (Lipinski definition) is 4. The minimum Gasteiger partial charge on any atom is -0.394 e. The lowest BCUT2D eigenvalue weighted by molar-refractivity contribution is -0.193. The van der Waals surface area contributed by atoms with Crippen LogP contribution in [0.2, 0.25) is 0 Å². The molecule has 2 bridgehead atoms. The van der Waals surface area contributed by atoms with E-state index in [1.807, 2.05) is 7.11 Å². The van der Waals surface area contributed by atoms with E-state index in [0.717, 1.165) is 70.3 Å². The summed E-state index contributed by atoms with van der Waals surface area (Å²) < 4.78 is 6.38. The predicted octanol–water partition coefficient (Wildman–Crippen LogP) is 5.40. The van der Waals surface area contributed by atoms with E-state index in [4.69, 9.17) is 9.57 Å². The maximum Gasteiger partial charge on any atom is 0.240 e. The number of aliphatic hydroxyl groups excluding tert-OH is 2. The molecule has 6 saturated carbocycles. The summed E-state index contributed by atoms with van der Waals surface area (Å²) in [5, 5.41) is 30.1. The van der Waals surface area contributed by atoms with Gasteiger partial charge in [-0.1, -0.05) is 72.1 Å². The van der Waals surface area contributed by atoms with E-state index in [1.54, 1.807) is 12.0 Å². The number of nitrogens with one attached hydrogen (secondary N) is 2. The lowest BCUT2D eigenvalue weighted by Crippen LogP contribution is -2.62. The van der Waals surface area contributed by atoms with E-state index < -0.39 is 24.2 Å². The standard InChI is InChI=1S/C43H76N4O6/c1-26-35-21-32(43(35,3)4)22-36(26)45-42(51)39-38(27(2)49)37(25-48)53-47(39)23-31-17-12-18-34(40(31)52-7)29-15-11-16-30(20-29)41(50)44-33(24-46(5)6)19-28-13-9-8-10-14-28/h26-40,48-49H,8-25H2,1-7H3,(H,44,50)(H,45,51)/t26-,27?,29?,30?,31?,32+,33+,34?,35-,36-,37-,38?,39-,40?/m0/s1. The Labute approximate surface area is 321 Å². The molecule has 4 N–H and O–H groups in total. The molecule has 1 saturated heterocycles. The molecule has 14 atom stereocenters. The molecule has 304 valence electrons. The van der Waals surface area contributed by atoms with Crippen LogP contribution in [0.5, 0.6) is 0 Å². The van der Waals surface area contributed by atoms with Crippen molar-refractivity contribution in [3.63, 3.8) is 0 Å². The highest BCUT2D eigenvalue weighted by atomic mass is 16.7. The number of hydroxylamine groups is 2. The zero-order valence-electron chi connectivity index (χ0n) is 34.3. The number of methoxy groups -OCH3 is 1. The van der Waals surface area contributed by atoms with Gasteiger partial charge in [0.1, 0.15) is 12.1 Å². The summed E-state index contributed by atoms with van der Waals surface area (Å²) in [4.78, 5) is 36.8. The Morgan fingerprint density at radius 3 is 2.36 bits per heavy atom. The SMILES string of the molecule is COC1C(CN2O[C@@H](CO)C(C(C)O)[C@H]2C(=O)N[C@H]2C[C@H]3C[C@@H]([C@@H]2C)C3(C)C)CCCC1C1CCCC(C(=O)N[C@H](CC2CCCCC2)CN(C)C)C1. The van der Waals surface area contributed by atoms with Gasteiger partial charge in [0.15, 0.2) is 0 Å². The largest absolute Gasteiger partial charge is 0.394 e. The van der Waals surface area contributed by atoms with Crippen molar-refractivity contribution in [2.24, 2.45) is 58.7 Å². The number of aliphatic hydroxyl groups is 2. The Morgan fingerprint density at radius 2 is 1.72 bits per heavy atom. The third kappa shape index (κ3) is 9.14. The molecule has 53 heavy (non-hydrogen) atoms. The van der Waals surface area contributed by atoms with E-state index in [0.29, 0.717) is 41.5 Å². The number of nitrogens with zero attached hydrogens (tertiary/aromatic N) is 2. The molecular weight excluding hydrogens is 668 g/mol. The summed E-state index contributed by atoms with van der Waals surface area (Å²) in [6.45, 7) is 9.88. The third-order valence-corrected chi connectivity index (χ3v) is 15.7. The smallest absolute Gasteiger partial charge is 0.240 e. The predicted molar refractivity (Wildman–Crippen MR) is 207 cm³/mol. The summed E-state index contributed by atoms with van der Waals surface area (Å²) >= 11 is 0. The van der Waals surface area contributed by atoms with Crippen LogP contribution in [0.25, 0.3) is 0 Å². The Balaban J connectivity index is 1.11. The number of fused-ring (bicyclic) bond motifs is 2. The summed E-state index contributed by atoms with van der Waals surface area (Å²) in [6, 6.07) is -0.379. The normalized spacial score (nSPS) is 40.3. The number of amides is 2. The zero-order valence-corrected chi connectivity index (χ0v) is 34.3. The molecule has 10 nitrogen and oxygen atoms in total. The first-order valence-corrected chi connectivity index (χ1v) is 21.8. The summed E-state index contributed by atoms with van der Waals surface area (Å²) in [5.41, 5.74) is 0.325. The van der Waals surface area contributed by atoms with E-state index in [1.165, 1.54) is 38.5 Å². The molecule has 7 unspecified atom stereocenters. The van der Waals surface area contributed by atoms with Crippen LogP contribution >= 0.6 is 0 Å². The minimum absolute atomic E-state index is 0.0125. The molecular formula is C43H76N4O6. The van der Waals surface area contributed by atoms with Crippen molar-refractivity contribution in [3.05, 3.63) is 0 Å². The van der Waals surface area contributed by atoms with Gasteiger partial charge in [-0.05, 0) is 107 Å². The molecule has 7 fully saturated rings. The molecule has 0 radical (unpaired) electrons. The summed E-state index contributed by atoms with van der Waals surface area (Å²) in [7, 11) is 6.04. The van der Waals surface area contributed by atoms with Crippen molar-refractivity contribution in [1.82, 2.24) is 20.6 Å². The van der Waals surface area contributed by atoms with Gasteiger partial charge in [0.25, 0.3) is 0 Å². The first-order chi connectivity index (χ1) is 25.3. The second-order valence-electron chi connectivity index (χ2n) is 19.6. The Hall–Kier alpha value is -1.30. The maximum atomic E-state index is 14.3. The van der Waals surface area contributed by atoms with Gasteiger partial charge in [-0.2, -0.15) is 5.06 Å². The third-order valence-electron chi connectivity index (χ3n) is 15.7. The van der Waals surface area contributed by atoms with Crippen molar-refractivity contribution in [3.8, 4) is 0 Å². The molecule has 0 spiro atoms. The number of rotatable bonds is 14. The lowest BCUT2D eigenvalue weighted by Gasteiger charge is -2.62.